The fourth-order valence-corrected chi connectivity index (χ4v) is 3.75. The van der Waals surface area contributed by atoms with Crippen molar-refractivity contribution >= 4 is 29.1 Å². The molecule has 1 aromatic carbocycles. The maximum Gasteiger partial charge on any atom is 0.253 e. The average Bonchev–Trinajstić information content (AvgIpc) is 3.17. The lowest BCUT2D eigenvalue weighted by Crippen LogP contribution is -2.43. The first kappa shape index (κ1) is 19.4. The van der Waals surface area contributed by atoms with E-state index in [2.05, 4.69) is 15.5 Å². The second-order valence-electron chi connectivity index (χ2n) is 7.16. The Morgan fingerprint density at radius 1 is 1.07 bits per heavy atom. The maximum atomic E-state index is 12.6. The minimum atomic E-state index is -0.0700. The van der Waals surface area contributed by atoms with Gasteiger partial charge in [-0.15, -0.1) is 10.2 Å². The summed E-state index contributed by atoms with van der Waals surface area (Å²) in [5, 5.41) is 11.9. The number of amides is 2. The van der Waals surface area contributed by atoms with Gasteiger partial charge in [0, 0.05) is 48.8 Å². The zero-order valence-electron chi connectivity index (χ0n) is 15.9. The monoisotopic (exact) mass is 411 g/mol. The number of carbonyl (C=O) groups excluding carboxylic acids is 2. The molecule has 0 unspecified atom stereocenters. The molecule has 0 aliphatic carbocycles. The molecule has 0 spiro atoms. The SMILES string of the molecule is O=C(NCCc1nnc2ccccn12)C1CCN(C(=O)c2ccc(Cl)cc2)CC1. The number of pyridine rings is 1. The quantitative estimate of drug-likeness (QED) is 0.699. The van der Waals surface area contributed by atoms with Crippen molar-refractivity contribution in [2.75, 3.05) is 19.6 Å². The Hall–Kier alpha value is -2.93. The number of hydrogen-bond acceptors (Lipinski definition) is 4. The van der Waals surface area contributed by atoms with E-state index >= 15 is 0 Å². The lowest BCUT2D eigenvalue weighted by atomic mass is 9.95. The molecule has 4 rings (SSSR count). The number of carbonyl (C=O) groups is 2. The normalized spacial score (nSPS) is 14.9. The van der Waals surface area contributed by atoms with Gasteiger partial charge in [-0.3, -0.25) is 14.0 Å². The Balaban J connectivity index is 1.24. The first-order valence-electron chi connectivity index (χ1n) is 9.73. The summed E-state index contributed by atoms with van der Waals surface area (Å²) >= 11 is 5.88. The smallest absolute Gasteiger partial charge is 0.253 e. The van der Waals surface area contributed by atoms with Crippen molar-refractivity contribution in [3.63, 3.8) is 0 Å². The van der Waals surface area contributed by atoms with Gasteiger partial charge in [0.2, 0.25) is 5.91 Å². The molecule has 1 aliphatic heterocycles. The van der Waals surface area contributed by atoms with E-state index in [-0.39, 0.29) is 17.7 Å². The van der Waals surface area contributed by atoms with Gasteiger partial charge in [-0.1, -0.05) is 17.7 Å². The van der Waals surface area contributed by atoms with Gasteiger partial charge in [-0.2, -0.15) is 0 Å². The molecule has 29 heavy (non-hydrogen) atoms. The molecule has 3 heterocycles. The number of aromatic nitrogens is 3. The highest BCUT2D eigenvalue weighted by atomic mass is 35.5. The highest BCUT2D eigenvalue weighted by Gasteiger charge is 2.27. The van der Waals surface area contributed by atoms with Crippen LogP contribution in [0.25, 0.3) is 5.65 Å². The van der Waals surface area contributed by atoms with Crippen LogP contribution >= 0.6 is 11.6 Å². The van der Waals surface area contributed by atoms with Gasteiger partial charge >= 0.3 is 0 Å². The van der Waals surface area contributed by atoms with Crippen molar-refractivity contribution in [1.82, 2.24) is 24.8 Å². The lowest BCUT2D eigenvalue weighted by Gasteiger charge is -2.31. The molecule has 0 bridgehead atoms. The number of halogens is 1. The molecule has 7 nitrogen and oxygen atoms in total. The Bertz CT molecular complexity index is 1010. The van der Waals surface area contributed by atoms with E-state index < -0.39 is 0 Å². The van der Waals surface area contributed by atoms with Gasteiger partial charge in [-0.05, 0) is 49.2 Å². The summed E-state index contributed by atoms with van der Waals surface area (Å²) in [5.41, 5.74) is 1.42. The van der Waals surface area contributed by atoms with E-state index in [1.807, 2.05) is 28.8 Å². The largest absolute Gasteiger partial charge is 0.355 e. The van der Waals surface area contributed by atoms with Gasteiger partial charge in [0.1, 0.15) is 5.82 Å². The van der Waals surface area contributed by atoms with E-state index in [0.717, 1.165) is 11.5 Å². The fourth-order valence-electron chi connectivity index (χ4n) is 3.62. The van der Waals surface area contributed by atoms with Gasteiger partial charge in [0.15, 0.2) is 5.65 Å². The number of nitrogens with zero attached hydrogens (tertiary/aromatic N) is 4. The number of hydrogen-bond donors (Lipinski definition) is 1. The van der Waals surface area contributed by atoms with Crippen molar-refractivity contribution in [2.24, 2.45) is 5.92 Å². The van der Waals surface area contributed by atoms with E-state index in [4.69, 9.17) is 11.6 Å². The summed E-state index contributed by atoms with van der Waals surface area (Å²) in [4.78, 5) is 26.9. The third kappa shape index (κ3) is 4.40. The molecule has 1 N–H and O–H groups in total. The van der Waals surface area contributed by atoms with Crippen molar-refractivity contribution in [3.05, 3.63) is 65.1 Å². The average molecular weight is 412 g/mol. The van der Waals surface area contributed by atoms with Crippen LogP contribution in [0.1, 0.15) is 29.0 Å². The molecule has 0 saturated carbocycles. The van der Waals surface area contributed by atoms with Crippen molar-refractivity contribution in [1.29, 1.82) is 0 Å². The number of benzene rings is 1. The maximum absolute atomic E-state index is 12.6. The number of rotatable bonds is 5. The summed E-state index contributed by atoms with van der Waals surface area (Å²) in [5.74, 6) is 0.778. The Morgan fingerprint density at radius 2 is 1.83 bits per heavy atom. The zero-order chi connectivity index (χ0) is 20.2. The molecular formula is C21H22ClN5O2. The summed E-state index contributed by atoms with van der Waals surface area (Å²) in [7, 11) is 0. The molecule has 0 radical (unpaired) electrons. The molecule has 1 saturated heterocycles. The number of nitrogens with one attached hydrogen (secondary N) is 1. The van der Waals surface area contributed by atoms with E-state index in [1.54, 1.807) is 29.2 Å². The van der Waals surface area contributed by atoms with Crippen LogP contribution in [0.2, 0.25) is 5.02 Å². The van der Waals surface area contributed by atoms with Crippen molar-refractivity contribution in [2.45, 2.75) is 19.3 Å². The van der Waals surface area contributed by atoms with Crippen LogP contribution in [0.5, 0.6) is 0 Å². The van der Waals surface area contributed by atoms with E-state index in [9.17, 15) is 9.59 Å². The Morgan fingerprint density at radius 3 is 2.59 bits per heavy atom. The molecule has 2 aromatic heterocycles. The second-order valence-corrected chi connectivity index (χ2v) is 7.60. The Kier molecular flexibility index (Phi) is 5.76. The molecule has 1 aliphatic rings. The molecule has 2 amide bonds. The predicted molar refractivity (Wildman–Crippen MR) is 110 cm³/mol. The first-order valence-corrected chi connectivity index (χ1v) is 10.1. The van der Waals surface area contributed by atoms with Crippen LogP contribution in [0.3, 0.4) is 0 Å². The van der Waals surface area contributed by atoms with Gasteiger partial charge in [-0.25, -0.2) is 0 Å². The van der Waals surface area contributed by atoms with E-state index in [0.29, 0.717) is 49.5 Å². The highest BCUT2D eigenvalue weighted by molar-refractivity contribution is 6.30. The van der Waals surface area contributed by atoms with Crippen molar-refractivity contribution in [3.8, 4) is 0 Å². The van der Waals surface area contributed by atoms with Crippen LogP contribution in [0, 0.1) is 5.92 Å². The Labute approximate surface area is 173 Å². The molecule has 1 fully saturated rings. The topological polar surface area (TPSA) is 79.6 Å². The van der Waals surface area contributed by atoms with Crippen LogP contribution in [0.15, 0.2) is 48.7 Å². The number of likely N-dealkylation sites (tertiary alicyclic amines) is 1. The van der Waals surface area contributed by atoms with Gasteiger partial charge in [0.05, 0.1) is 0 Å². The third-order valence-corrected chi connectivity index (χ3v) is 5.53. The summed E-state index contributed by atoms with van der Waals surface area (Å²) in [6, 6.07) is 12.6. The zero-order valence-corrected chi connectivity index (χ0v) is 16.7. The standard InChI is InChI=1S/C21H22ClN5O2/c22-17-6-4-16(5-7-17)21(29)26-13-9-15(10-14-26)20(28)23-11-8-19-25-24-18-3-1-2-12-27(18)19/h1-7,12,15H,8-11,13-14H2,(H,23,28). The predicted octanol–water partition coefficient (Wildman–Crippen LogP) is 2.59. The van der Waals surface area contributed by atoms with Gasteiger partial charge in [0.25, 0.3) is 5.91 Å². The molecular weight excluding hydrogens is 390 g/mol. The van der Waals surface area contributed by atoms with Crippen molar-refractivity contribution < 1.29 is 9.59 Å². The fraction of sp³-hybridized carbons (Fsp3) is 0.333. The number of fused-ring (bicyclic) bond motifs is 1. The molecule has 8 heteroatoms. The summed E-state index contributed by atoms with van der Waals surface area (Å²) in [6.07, 6.45) is 3.86. The molecule has 0 atom stereocenters. The molecule has 3 aromatic rings. The lowest BCUT2D eigenvalue weighted by molar-refractivity contribution is -0.126. The van der Waals surface area contributed by atoms with Crippen LogP contribution in [-0.2, 0) is 11.2 Å². The molecule has 150 valence electrons. The summed E-state index contributed by atoms with van der Waals surface area (Å²) < 4.78 is 1.92. The highest BCUT2D eigenvalue weighted by Crippen LogP contribution is 2.20. The number of piperidine rings is 1. The van der Waals surface area contributed by atoms with Gasteiger partial charge < -0.3 is 10.2 Å². The van der Waals surface area contributed by atoms with Crippen LogP contribution in [0.4, 0.5) is 0 Å². The summed E-state index contributed by atoms with van der Waals surface area (Å²) in [6.45, 7) is 1.67. The third-order valence-electron chi connectivity index (χ3n) is 5.28. The minimum absolute atomic E-state index is 0.0146. The first-order chi connectivity index (χ1) is 14.1. The van der Waals surface area contributed by atoms with Crippen LogP contribution < -0.4 is 5.32 Å². The van der Waals surface area contributed by atoms with Crippen LogP contribution in [-0.4, -0.2) is 50.9 Å². The second kappa shape index (κ2) is 8.61. The van der Waals surface area contributed by atoms with E-state index in [1.165, 1.54) is 0 Å². The minimum Gasteiger partial charge on any atom is -0.355 e.